The molecule has 6 heteroatoms. The van der Waals surface area contributed by atoms with E-state index in [0.29, 0.717) is 0 Å². The Morgan fingerprint density at radius 3 is 2.94 bits per heavy atom. The highest BCUT2D eigenvalue weighted by atomic mass is 35.5. The summed E-state index contributed by atoms with van der Waals surface area (Å²) in [7, 11) is 1.95. The Morgan fingerprint density at radius 1 is 1.56 bits per heavy atom. The van der Waals surface area contributed by atoms with E-state index in [1.165, 1.54) is 12.8 Å². The van der Waals surface area contributed by atoms with E-state index in [1.807, 2.05) is 11.7 Å². The van der Waals surface area contributed by atoms with Gasteiger partial charge in [0.25, 0.3) is 0 Å². The zero-order chi connectivity index (χ0) is 12.3. The van der Waals surface area contributed by atoms with Crippen molar-refractivity contribution >= 4 is 24.0 Å². The van der Waals surface area contributed by atoms with Crippen LogP contribution >= 0.6 is 24.0 Å². The van der Waals surface area contributed by atoms with E-state index in [9.17, 15) is 0 Å². The molecule has 0 amide bonds. The molecule has 4 nitrogen and oxygen atoms in total. The molecule has 0 bridgehead atoms. The number of hydrogen-bond acceptors (Lipinski definition) is 3. The molecule has 0 spiro atoms. The van der Waals surface area contributed by atoms with E-state index in [-0.39, 0.29) is 12.4 Å². The summed E-state index contributed by atoms with van der Waals surface area (Å²) < 4.78 is 1.87. The van der Waals surface area contributed by atoms with Crippen molar-refractivity contribution < 1.29 is 0 Å². The summed E-state index contributed by atoms with van der Waals surface area (Å²) in [5.74, 6) is 0.751. The van der Waals surface area contributed by atoms with Gasteiger partial charge in [-0.2, -0.15) is 5.10 Å². The number of nitrogens with two attached hydrogens (primary N) is 1. The average Bonchev–Trinajstić information content (AvgIpc) is 2.62. The lowest BCUT2D eigenvalue weighted by Gasteiger charge is -2.32. The van der Waals surface area contributed by atoms with Gasteiger partial charge < -0.3 is 5.73 Å². The third-order valence-corrected chi connectivity index (χ3v) is 3.88. The predicted molar refractivity (Wildman–Crippen MR) is 77.1 cm³/mol. The minimum atomic E-state index is 0. The lowest BCUT2D eigenvalue weighted by molar-refractivity contribution is 0.160. The van der Waals surface area contributed by atoms with Crippen LogP contribution in [0.25, 0.3) is 0 Å². The fraction of sp³-hybridized carbons (Fsp3) is 0.750. The van der Waals surface area contributed by atoms with Crippen LogP contribution in [0.15, 0.2) is 6.20 Å². The normalized spacial score (nSPS) is 20.7. The highest BCUT2D eigenvalue weighted by Crippen LogP contribution is 2.23. The van der Waals surface area contributed by atoms with E-state index >= 15 is 0 Å². The first kappa shape index (κ1) is 15.8. The molecule has 104 valence electrons. The molecule has 1 saturated heterocycles. The zero-order valence-corrected chi connectivity index (χ0v) is 12.4. The molecule has 0 aromatic carbocycles. The van der Waals surface area contributed by atoms with E-state index in [4.69, 9.17) is 17.3 Å². The van der Waals surface area contributed by atoms with Crippen LogP contribution in [0, 0.1) is 5.92 Å². The lowest BCUT2D eigenvalue weighted by Crippen LogP contribution is -2.36. The Hall–Kier alpha value is -0.290. The molecule has 1 aliphatic rings. The first-order valence-corrected chi connectivity index (χ1v) is 6.67. The van der Waals surface area contributed by atoms with Gasteiger partial charge in [0.1, 0.15) is 0 Å². The van der Waals surface area contributed by atoms with Gasteiger partial charge >= 0.3 is 0 Å². The molecule has 1 aromatic heterocycles. The number of aromatic nitrogens is 2. The summed E-state index contributed by atoms with van der Waals surface area (Å²) in [4.78, 5) is 2.46. The Labute approximate surface area is 120 Å². The second-order valence-corrected chi connectivity index (χ2v) is 5.29. The molecule has 1 fully saturated rings. The van der Waals surface area contributed by atoms with Gasteiger partial charge in [0.05, 0.1) is 16.9 Å². The van der Waals surface area contributed by atoms with Crippen LogP contribution in [0.4, 0.5) is 0 Å². The van der Waals surface area contributed by atoms with Crippen LogP contribution in [0.5, 0.6) is 0 Å². The molecular formula is C12H22Cl2N4. The molecule has 2 heterocycles. The van der Waals surface area contributed by atoms with Gasteiger partial charge in [-0.1, -0.05) is 11.6 Å². The molecule has 1 aliphatic heterocycles. The van der Waals surface area contributed by atoms with Crippen molar-refractivity contribution in [2.24, 2.45) is 18.7 Å². The van der Waals surface area contributed by atoms with Crippen LogP contribution in [0.3, 0.4) is 0 Å². The zero-order valence-electron chi connectivity index (χ0n) is 10.8. The Morgan fingerprint density at radius 2 is 2.33 bits per heavy atom. The Balaban J connectivity index is 0.00000162. The van der Waals surface area contributed by atoms with E-state index in [1.54, 1.807) is 6.20 Å². The second-order valence-electron chi connectivity index (χ2n) is 4.88. The SMILES string of the molecule is Cl.Cn1ncc(Cl)c1CN1CCCC(CCN)C1. The predicted octanol–water partition coefficient (Wildman–Crippen LogP) is 2.06. The fourth-order valence-corrected chi connectivity index (χ4v) is 2.82. The maximum absolute atomic E-state index is 6.13. The van der Waals surface area contributed by atoms with E-state index < -0.39 is 0 Å². The van der Waals surface area contributed by atoms with Crippen LogP contribution in [-0.2, 0) is 13.6 Å². The Bertz CT molecular complexity index is 345. The molecule has 0 radical (unpaired) electrons. The molecule has 0 saturated carbocycles. The van der Waals surface area contributed by atoms with Crippen LogP contribution in [0.2, 0.25) is 5.02 Å². The minimum absolute atomic E-state index is 0. The monoisotopic (exact) mass is 292 g/mol. The lowest BCUT2D eigenvalue weighted by atomic mass is 9.95. The number of halogens is 2. The van der Waals surface area contributed by atoms with Crippen molar-refractivity contribution in [1.29, 1.82) is 0 Å². The van der Waals surface area contributed by atoms with Crippen LogP contribution < -0.4 is 5.73 Å². The summed E-state index contributed by atoms with van der Waals surface area (Å²) in [5.41, 5.74) is 6.75. The number of rotatable bonds is 4. The molecule has 2 N–H and O–H groups in total. The molecule has 1 atom stereocenters. The summed E-state index contributed by atoms with van der Waals surface area (Å²) in [6, 6.07) is 0. The third-order valence-electron chi connectivity index (χ3n) is 3.56. The van der Waals surface area contributed by atoms with Crippen molar-refractivity contribution in [2.45, 2.75) is 25.8 Å². The van der Waals surface area contributed by atoms with Crippen molar-refractivity contribution in [3.05, 3.63) is 16.9 Å². The molecule has 0 aliphatic carbocycles. The number of aryl methyl sites for hydroxylation is 1. The smallest absolute Gasteiger partial charge is 0.0831 e. The number of piperidine rings is 1. The fourth-order valence-electron chi connectivity index (χ4n) is 2.59. The maximum atomic E-state index is 6.13. The summed E-state index contributed by atoms with van der Waals surface area (Å²) >= 11 is 6.13. The molecular weight excluding hydrogens is 271 g/mol. The summed E-state index contributed by atoms with van der Waals surface area (Å²) in [6.45, 7) is 3.99. The van der Waals surface area contributed by atoms with Crippen LogP contribution in [0.1, 0.15) is 25.0 Å². The first-order chi connectivity index (χ1) is 8.20. The van der Waals surface area contributed by atoms with Gasteiger partial charge in [-0.15, -0.1) is 12.4 Å². The van der Waals surface area contributed by atoms with E-state index in [0.717, 1.165) is 49.2 Å². The van der Waals surface area contributed by atoms with Gasteiger partial charge in [0, 0.05) is 20.1 Å². The number of nitrogens with zero attached hydrogens (tertiary/aromatic N) is 3. The van der Waals surface area contributed by atoms with Gasteiger partial charge in [0.2, 0.25) is 0 Å². The van der Waals surface area contributed by atoms with Crippen molar-refractivity contribution in [3.8, 4) is 0 Å². The Kier molecular flexibility index (Phi) is 6.43. The van der Waals surface area contributed by atoms with Gasteiger partial charge in [-0.25, -0.2) is 0 Å². The van der Waals surface area contributed by atoms with E-state index in [2.05, 4.69) is 10.00 Å². The topological polar surface area (TPSA) is 47.1 Å². The van der Waals surface area contributed by atoms with Gasteiger partial charge in [-0.3, -0.25) is 9.58 Å². The number of hydrogen-bond donors (Lipinski definition) is 1. The van der Waals surface area contributed by atoms with Crippen LogP contribution in [-0.4, -0.2) is 34.3 Å². The minimum Gasteiger partial charge on any atom is -0.330 e. The quantitative estimate of drug-likeness (QED) is 0.924. The second kappa shape index (κ2) is 7.34. The first-order valence-electron chi connectivity index (χ1n) is 6.29. The van der Waals surface area contributed by atoms with Gasteiger partial charge in [0.15, 0.2) is 0 Å². The number of likely N-dealkylation sites (tertiary alicyclic amines) is 1. The van der Waals surface area contributed by atoms with Gasteiger partial charge in [-0.05, 0) is 38.3 Å². The maximum Gasteiger partial charge on any atom is 0.0831 e. The van der Waals surface area contributed by atoms with Crippen molar-refractivity contribution in [3.63, 3.8) is 0 Å². The van der Waals surface area contributed by atoms with Crippen molar-refractivity contribution in [1.82, 2.24) is 14.7 Å². The summed E-state index contributed by atoms with van der Waals surface area (Å²) in [5, 5.41) is 4.95. The standard InChI is InChI=1S/C12H21ClN4.ClH/c1-16-12(11(13)7-15-16)9-17-6-2-3-10(8-17)4-5-14;/h7,10H,2-6,8-9,14H2,1H3;1H. The highest BCUT2D eigenvalue weighted by molar-refractivity contribution is 6.31. The average molecular weight is 293 g/mol. The molecule has 1 unspecified atom stereocenters. The highest BCUT2D eigenvalue weighted by Gasteiger charge is 2.21. The third kappa shape index (κ3) is 3.85. The summed E-state index contributed by atoms with van der Waals surface area (Å²) in [6.07, 6.45) is 5.43. The molecule has 1 aromatic rings. The molecule has 2 rings (SSSR count). The molecule has 18 heavy (non-hydrogen) atoms. The largest absolute Gasteiger partial charge is 0.330 e. The van der Waals surface area contributed by atoms with Crippen molar-refractivity contribution in [2.75, 3.05) is 19.6 Å².